The summed E-state index contributed by atoms with van der Waals surface area (Å²) in [6, 6.07) is 12.2. The molecule has 19 heavy (non-hydrogen) atoms. The summed E-state index contributed by atoms with van der Waals surface area (Å²) in [5.74, 6) is 0. The highest BCUT2D eigenvalue weighted by atomic mass is 14.9. The molecule has 0 bridgehead atoms. The number of rotatable bonds is 0. The monoisotopic (exact) mass is 245 g/mol. The number of para-hydroxylation sites is 1. The van der Waals surface area contributed by atoms with E-state index in [9.17, 15) is 0 Å². The van der Waals surface area contributed by atoms with Crippen molar-refractivity contribution < 1.29 is 0 Å². The van der Waals surface area contributed by atoms with Gasteiger partial charge in [-0.25, -0.2) is 9.98 Å². The van der Waals surface area contributed by atoms with Gasteiger partial charge in [-0.2, -0.15) is 0 Å². The van der Waals surface area contributed by atoms with Crippen LogP contribution in [-0.2, 0) is 0 Å². The largest absolute Gasteiger partial charge is 0.345 e. The van der Waals surface area contributed by atoms with Gasteiger partial charge in [0.15, 0.2) is 0 Å². The predicted octanol–water partition coefficient (Wildman–Crippen LogP) is 2.32. The highest BCUT2D eigenvalue weighted by Crippen LogP contribution is 2.19. The van der Waals surface area contributed by atoms with Gasteiger partial charge in [0.1, 0.15) is 0 Å². The number of aromatic nitrogens is 2. The van der Waals surface area contributed by atoms with Crippen molar-refractivity contribution in [3.8, 4) is 0 Å². The average Bonchev–Trinajstić information content (AvgIpc) is 2.87. The molecule has 0 atom stereocenters. The molecular weight excluding hydrogens is 234 g/mol. The number of hydrogen-bond donors (Lipinski definition) is 1. The lowest BCUT2D eigenvalue weighted by Gasteiger charge is -2.02. The zero-order valence-electron chi connectivity index (χ0n) is 10.2. The molecule has 0 aliphatic carbocycles. The Hall–Kier alpha value is -2.68. The Morgan fingerprint density at radius 3 is 2.95 bits per heavy atom. The number of imidazole rings is 1. The van der Waals surface area contributed by atoms with Gasteiger partial charge in [-0.3, -0.25) is 0 Å². The smallest absolute Gasteiger partial charge is 0.0976 e. The maximum atomic E-state index is 4.76. The van der Waals surface area contributed by atoms with Gasteiger partial charge in [-0.15, -0.1) is 0 Å². The first-order valence-electron chi connectivity index (χ1n) is 6.20. The summed E-state index contributed by atoms with van der Waals surface area (Å²) in [6.07, 6.45) is 7.92. The van der Waals surface area contributed by atoms with Gasteiger partial charge in [0.2, 0.25) is 0 Å². The highest BCUT2D eigenvalue weighted by Gasteiger charge is 2.02. The molecule has 90 valence electrons. The number of nitrogens with zero attached hydrogens (tertiary/aromatic N) is 2. The lowest BCUT2D eigenvalue weighted by Crippen LogP contribution is -2.25. The molecule has 0 saturated heterocycles. The molecule has 0 amide bonds. The van der Waals surface area contributed by atoms with Crippen molar-refractivity contribution in [2.24, 2.45) is 4.99 Å². The standard InChI is InChI=1S/C16H11N3/c1-2-7-13-11(4-1)5-3-6-12-14(19-13)8-9-15-16(12)18-10-17-15/h1-10H,(H,17,18)/b5-3-,6-3?,11-5?,12-6+,19-13?,19-14?. The number of H-pyrrole nitrogens is 1. The summed E-state index contributed by atoms with van der Waals surface area (Å²) in [7, 11) is 0. The van der Waals surface area contributed by atoms with E-state index in [4.69, 9.17) is 4.99 Å². The third-order valence-electron chi connectivity index (χ3n) is 3.32. The molecule has 4 rings (SSSR count). The second kappa shape index (κ2) is 3.92. The van der Waals surface area contributed by atoms with Gasteiger partial charge in [0, 0.05) is 10.8 Å². The molecule has 2 aromatic carbocycles. The van der Waals surface area contributed by atoms with Crippen molar-refractivity contribution in [1.29, 1.82) is 0 Å². The Morgan fingerprint density at radius 1 is 1.00 bits per heavy atom. The van der Waals surface area contributed by atoms with Crippen LogP contribution in [-0.4, -0.2) is 9.97 Å². The normalized spacial score (nSPS) is 16.3. The summed E-state index contributed by atoms with van der Waals surface area (Å²) in [6.45, 7) is 0. The molecule has 1 aliphatic heterocycles. The van der Waals surface area contributed by atoms with E-state index in [-0.39, 0.29) is 0 Å². The first-order valence-corrected chi connectivity index (χ1v) is 6.20. The molecule has 3 aromatic rings. The zero-order valence-corrected chi connectivity index (χ0v) is 10.2. The molecule has 3 nitrogen and oxygen atoms in total. The van der Waals surface area contributed by atoms with Gasteiger partial charge in [-0.1, -0.05) is 36.4 Å². The third-order valence-corrected chi connectivity index (χ3v) is 3.32. The fraction of sp³-hybridized carbons (Fsp3) is 0. The van der Waals surface area contributed by atoms with Gasteiger partial charge >= 0.3 is 0 Å². The SMILES string of the molecule is C1=C\c2ccccc2N=c2ccc3[nH]cnc3/c2=C/1. The number of aromatic amines is 1. The van der Waals surface area contributed by atoms with Crippen LogP contribution in [0.5, 0.6) is 0 Å². The summed E-state index contributed by atoms with van der Waals surface area (Å²) < 4.78 is 0. The van der Waals surface area contributed by atoms with Crippen LogP contribution in [0.2, 0.25) is 0 Å². The van der Waals surface area contributed by atoms with Crippen molar-refractivity contribution in [2.45, 2.75) is 0 Å². The number of benzene rings is 2. The Labute approximate surface area is 109 Å². The number of nitrogens with one attached hydrogen (secondary N) is 1. The van der Waals surface area contributed by atoms with Crippen molar-refractivity contribution in [3.05, 3.63) is 64.9 Å². The summed E-state index contributed by atoms with van der Waals surface area (Å²) >= 11 is 0. The fourth-order valence-electron chi connectivity index (χ4n) is 2.39. The summed E-state index contributed by atoms with van der Waals surface area (Å²) in [4.78, 5) is 12.3. The number of hydrogen-bond acceptors (Lipinski definition) is 2. The molecule has 1 N–H and O–H groups in total. The van der Waals surface area contributed by atoms with E-state index in [1.165, 1.54) is 0 Å². The van der Waals surface area contributed by atoms with Crippen LogP contribution in [0.4, 0.5) is 5.69 Å². The van der Waals surface area contributed by atoms with Gasteiger partial charge in [0.05, 0.1) is 28.4 Å². The second-order valence-corrected chi connectivity index (χ2v) is 4.49. The van der Waals surface area contributed by atoms with Crippen LogP contribution < -0.4 is 10.6 Å². The first-order chi connectivity index (χ1) is 9.42. The van der Waals surface area contributed by atoms with E-state index in [0.717, 1.165) is 32.9 Å². The molecule has 0 fully saturated rings. The van der Waals surface area contributed by atoms with Crippen LogP contribution in [0.25, 0.3) is 23.2 Å². The highest BCUT2D eigenvalue weighted by molar-refractivity contribution is 5.78. The minimum absolute atomic E-state index is 0.955. The molecular formula is C16H11N3. The lowest BCUT2D eigenvalue weighted by molar-refractivity contribution is 1.30. The summed E-state index contributed by atoms with van der Waals surface area (Å²) in [5, 5.41) is 2.01. The Balaban J connectivity index is 2.17. The zero-order chi connectivity index (χ0) is 12.7. The van der Waals surface area contributed by atoms with Crippen molar-refractivity contribution in [3.63, 3.8) is 0 Å². The topological polar surface area (TPSA) is 41.0 Å². The number of fused-ring (bicyclic) bond motifs is 4. The van der Waals surface area contributed by atoms with E-state index in [0.29, 0.717) is 0 Å². The molecule has 1 aliphatic rings. The van der Waals surface area contributed by atoms with Crippen LogP contribution in [0.3, 0.4) is 0 Å². The van der Waals surface area contributed by atoms with Gasteiger partial charge in [-0.05, 0) is 18.2 Å². The van der Waals surface area contributed by atoms with Crippen LogP contribution in [0.15, 0.2) is 53.8 Å². The lowest BCUT2D eigenvalue weighted by atomic mass is 10.1. The second-order valence-electron chi connectivity index (χ2n) is 4.49. The van der Waals surface area contributed by atoms with Crippen molar-refractivity contribution >= 4 is 28.9 Å². The molecule has 3 heteroatoms. The van der Waals surface area contributed by atoms with Crippen molar-refractivity contribution in [2.75, 3.05) is 0 Å². The molecule has 0 unspecified atom stereocenters. The first kappa shape index (κ1) is 10.3. The van der Waals surface area contributed by atoms with E-state index >= 15 is 0 Å². The molecule has 1 aromatic heterocycles. The third kappa shape index (κ3) is 1.59. The van der Waals surface area contributed by atoms with Crippen molar-refractivity contribution in [1.82, 2.24) is 9.97 Å². The Kier molecular flexibility index (Phi) is 2.12. The van der Waals surface area contributed by atoms with E-state index in [1.54, 1.807) is 6.33 Å². The average molecular weight is 245 g/mol. The maximum absolute atomic E-state index is 4.76. The van der Waals surface area contributed by atoms with Crippen LogP contribution in [0.1, 0.15) is 5.56 Å². The quantitative estimate of drug-likeness (QED) is 0.648. The molecule has 0 spiro atoms. The fourth-order valence-corrected chi connectivity index (χ4v) is 2.39. The van der Waals surface area contributed by atoms with Gasteiger partial charge in [0.25, 0.3) is 0 Å². The van der Waals surface area contributed by atoms with Crippen LogP contribution >= 0.6 is 0 Å². The van der Waals surface area contributed by atoms with Crippen LogP contribution in [0, 0.1) is 0 Å². The summed E-state index contributed by atoms with van der Waals surface area (Å²) in [5.41, 5.74) is 4.12. The molecule has 0 saturated carbocycles. The Morgan fingerprint density at radius 2 is 1.95 bits per heavy atom. The predicted molar refractivity (Wildman–Crippen MR) is 76.5 cm³/mol. The van der Waals surface area contributed by atoms with E-state index < -0.39 is 0 Å². The minimum Gasteiger partial charge on any atom is -0.345 e. The van der Waals surface area contributed by atoms with E-state index in [2.05, 4.69) is 34.3 Å². The Bertz CT molecular complexity index is 917. The minimum atomic E-state index is 0.955. The maximum Gasteiger partial charge on any atom is 0.0976 e. The molecule has 2 heterocycles. The van der Waals surface area contributed by atoms with Gasteiger partial charge < -0.3 is 4.98 Å². The molecule has 0 radical (unpaired) electrons. The number of allylic oxidation sites excluding steroid dienone is 1. The van der Waals surface area contributed by atoms with E-state index in [1.807, 2.05) is 30.3 Å².